The largest absolute Gasteiger partial charge is 0.381 e. The maximum absolute atomic E-state index is 12.6. The van der Waals surface area contributed by atoms with E-state index in [4.69, 9.17) is 5.73 Å². The van der Waals surface area contributed by atoms with Gasteiger partial charge in [-0.25, -0.2) is 12.7 Å². The molecule has 1 unspecified atom stereocenters. The zero-order valence-electron chi connectivity index (χ0n) is 12.5. The van der Waals surface area contributed by atoms with Crippen LogP contribution in [0.2, 0.25) is 0 Å². The first-order chi connectivity index (χ1) is 9.23. The summed E-state index contributed by atoms with van der Waals surface area (Å²) in [4.78, 5) is 2.35. The highest BCUT2D eigenvalue weighted by atomic mass is 32.2. The molecular weight excluding hydrogens is 278 g/mol. The van der Waals surface area contributed by atoms with Crippen LogP contribution in [-0.2, 0) is 17.1 Å². The van der Waals surface area contributed by atoms with E-state index in [1.807, 2.05) is 0 Å². The fraction of sp³-hybridized carbons (Fsp3) is 0.750. The Morgan fingerprint density at radius 1 is 1.45 bits per heavy atom. The molecule has 1 aromatic heterocycles. The summed E-state index contributed by atoms with van der Waals surface area (Å²) in [7, 11) is 1.78. The highest BCUT2D eigenvalue weighted by Gasteiger charge is 2.31. The number of nitrogens with zero attached hydrogens (tertiary/aromatic N) is 4. The number of aryl methyl sites for hydroxylation is 1. The predicted octanol–water partition coefficient (Wildman–Crippen LogP) is -0.117. The first kappa shape index (κ1) is 15.3. The van der Waals surface area contributed by atoms with E-state index in [0.717, 1.165) is 19.5 Å². The Balaban J connectivity index is 2.21. The molecule has 0 aromatic carbocycles. The van der Waals surface area contributed by atoms with Gasteiger partial charge in [0, 0.05) is 27.2 Å². The van der Waals surface area contributed by atoms with Crippen molar-refractivity contribution in [1.82, 2.24) is 19.0 Å². The van der Waals surface area contributed by atoms with E-state index in [0.29, 0.717) is 18.2 Å². The SMILES string of the molecule is Cc1c(S(=O)(=O)N(C)CC2CCN(C)C2)c(N)nn1C. The maximum Gasteiger partial charge on any atom is 0.248 e. The second kappa shape index (κ2) is 5.34. The van der Waals surface area contributed by atoms with Crippen LogP contribution in [0, 0.1) is 12.8 Å². The number of aromatic nitrogens is 2. The third kappa shape index (κ3) is 2.68. The Morgan fingerprint density at radius 3 is 2.55 bits per heavy atom. The molecule has 0 radical (unpaired) electrons. The molecular formula is C12H23N5O2S. The molecule has 20 heavy (non-hydrogen) atoms. The van der Waals surface area contributed by atoms with Crippen molar-refractivity contribution in [3.8, 4) is 0 Å². The van der Waals surface area contributed by atoms with Crippen molar-refractivity contribution in [3.05, 3.63) is 5.69 Å². The zero-order chi connectivity index (χ0) is 15.1. The van der Waals surface area contributed by atoms with Crippen molar-refractivity contribution in [3.63, 3.8) is 0 Å². The quantitative estimate of drug-likeness (QED) is 0.838. The van der Waals surface area contributed by atoms with E-state index in [1.54, 1.807) is 21.0 Å². The van der Waals surface area contributed by atoms with Crippen LogP contribution in [-0.4, -0.2) is 61.1 Å². The molecule has 1 aromatic rings. The highest BCUT2D eigenvalue weighted by molar-refractivity contribution is 7.89. The third-order valence-electron chi connectivity index (χ3n) is 3.98. The molecule has 2 N–H and O–H groups in total. The van der Waals surface area contributed by atoms with Crippen molar-refractivity contribution >= 4 is 15.8 Å². The van der Waals surface area contributed by atoms with Crippen LogP contribution in [0.25, 0.3) is 0 Å². The number of nitrogen functional groups attached to an aromatic ring is 1. The van der Waals surface area contributed by atoms with Gasteiger partial charge in [0.05, 0.1) is 5.69 Å². The smallest absolute Gasteiger partial charge is 0.248 e. The lowest BCUT2D eigenvalue weighted by Gasteiger charge is -2.21. The van der Waals surface area contributed by atoms with Crippen LogP contribution < -0.4 is 5.73 Å². The van der Waals surface area contributed by atoms with Crippen LogP contribution in [0.4, 0.5) is 5.82 Å². The number of sulfonamides is 1. The normalized spacial score (nSPS) is 20.9. The molecule has 1 fully saturated rings. The fourth-order valence-corrected chi connectivity index (χ4v) is 4.26. The molecule has 7 nitrogen and oxygen atoms in total. The van der Waals surface area contributed by atoms with Crippen molar-refractivity contribution < 1.29 is 8.42 Å². The minimum atomic E-state index is -3.58. The summed E-state index contributed by atoms with van der Waals surface area (Å²) in [5.41, 5.74) is 6.32. The second-order valence-electron chi connectivity index (χ2n) is 5.63. The highest BCUT2D eigenvalue weighted by Crippen LogP contribution is 2.26. The molecule has 0 spiro atoms. The van der Waals surface area contributed by atoms with Crippen LogP contribution >= 0.6 is 0 Å². The van der Waals surface area contributed by atoms with Crippen LogP contribution in [0.3, 0.4) is 0 Å². The van der Waals surface area contributed by atoms with E-state index >= 15 is 0 Å². The summed E-state index contributed by atoms with van der Waals surface area (Å²) in [6.07, 6.45) is 1.03. The number of hydrogen-bond acceptors (Lipinski definition) is 5. The van der Waals surface area contributed by atoms with Crippen LogP contribution in [0.1, 0.15) is 12.1 Å². The molecule has 1 aliphatic heterocycles. The zero-order valence-corrected chi connectivity index (χ0v) is 13.3. The van der Waals surface area contributed by atoms with Gasteiger partial charge in [-0.15, -0.1) is 0 Å². The Bertz CT molecular complexity index is 595. The summed E-state index contributed by atoms with van der Waals surface area (Å²) in [6, 6.07) is 0. The summed E-state index contributed by atoms with van der Waals surface area (Å²) in [5.74, 6) is 0.443. The molecule has 1 aliphatic rings. The van der Waals surface area contributed by atoms with Crippen LogP contribution in [0.15, 0.2) is 4.90 Å². The summed E-state index contributed by atoms with van der Waals surface area (Å²) >= 11 is 0. The van der Waals surface area contributed by atoms with Gasteiger partial charge >= 0.3 is 0 Å². The Hall–Kier alpha value is -1.12. The van der Waals surface area contributed by atoms with Crippen molar-refractivity contribution in [2.24, 2.45) is 13.0 Å². The minimum absolute atomic E-state index is 0.0698. The van der Waals surface area contributed by atoms with Gasteiger partial charge in [-0.1, -0.05) is 0 Å². The van der Waals surface area contributed by atoms with Gasteiger partial charge in [0.25, 0.3) is 0 Å². The molecule has 1 saturated heterocycles. The molecule has 0 amide bonds. The maximum atomic E-state index is 12.6. The summed E-state index contributed by atoms with van der Waals surface area (Å²) in [5, 5.41) is 3.98. The van der Waals surface area contributed by atoms with Crippen molar-refractivity contribution in [1.29, 1.82) is 0 Å². The number of rotatable bonds is 4. The predicted molar refractivity (Wildman–Crippen MR) is 77.8 cm³/mol. The van der Waals surface area contributed by atoms with Gasteiger partial charge in [0.2, 0.25) is 10.0 Å². The fourth-order valence-electron chi connectivity index (χ4n) is 2.73. The lowest BCUT2D eigenvalue weighted by molar-refractivity contribution is 0.356. The van der Waals surface area contributed by atoms with E-state index in [2.05, 4.69) is 17.0 Å². The van der Waals surface area contributed by atoms with E-state index < -0.39 is 10.0 Å². The molecule has 2 heterocycles. The van der Waals surface area contributed by atoms with Gasteiger partial charge in [0.1, 0.15) is 4.90 Å². The topological polar surface area (TPSA) is 84.5 Å². The molecule has 8 heteroatoms. The van der Waals surface area contributed by atoms with E-state index in [1.165, 1.54) is 8.99 Å². The van der Waals surface area contributed by atoms with Crippen LogP contribution in [0.5, 0.6) is 0 Å². The molecule has 2 rings (SSSR count). The van der Waals surface area contributed by atoms with Crippen molar-refractivity contribution in [2.45, 2.75) is 18.2 Å². The molecule has 114 valence electrons. The first-order valence-corrected chi connectivity index (χ1v) is 8.11. The molecule has 0 aliphatic carbocycles. The average molecular weight is 301 g/mol. The van der Waals surface area contributed by atoms with E-state index in [9.17, 15) is 8.42 Å². The Kier molecular flexibility index (Phi) is 4.08. The molecule has 0 saturated carbocycles. The Labute approximate surface area is 120 Å². The van der Waals surface area contributed by atoms with E-state index in [-0.39, 0.29) is 10.7 Å². The third-order valence-corrected chi connectivity index (χ3v) is 5.97. The number of likely N-dealkylation sites (tertiary alicyclic amines) is 1. The lowest BCUT2D eigenvalue weighted by atomic mass is 10.1. The Morgan fingerprint density at radius 2 is 2.10 bits per heavy atom. The van der Waals surface area contributed by atoms with Gasteiger partial charge in [-0.2, -0.15) is 5.10 Å². The first-order valence-electron chi connectivity index (χ1n) is 6.67. The lowest BCUT2D eigenvalue weighted by Crippen LogP contribution is -2.33. The number of nitrogens with two attached hydrogens (primary N) is 1. The summed E-state index contributed by atoms with van der Waals surface area (Å²) < 4.78 is 28.2. The summed E-state index contributed by atoms with van der Waals surface area (Å²) in [6.45, 7) is 4.18. The number of hydrogen-bond donors (Lipinski definition) is 1. The van der Waals surface area contributed by atoms with Crippen molar-refractivity contribution in [2.75, 3.05) is 39.5 Å². The standard InChI is InChI=1S/C12H23N5O2S/c1-9-11(12(13)14-17(9)4)20(18,19)16(3)8-10-5-6-15(2)7-10/h10H,5-8H2,1-4H3,(H2,13,14). The number of anilines is 1. The minimum Gasteiger partial charge on any atom is -0.381 e. The monoisotopic (exact) mass is 301 g/mol. The van der Waals surface area contributed by atoms with Gasteiger partial charge in [0.15, 0.2) is 5.82 Å². The molecule has 1 atom stereocenters. The molecule has 0 bridgehead atoms. The van der Waals surface area contributed by atoms with Gasteiger partial charge in [-0.05, 0) is 32.9 Å². The average Bonchev–Trinajstić information content (AvgIpc) is 2.84. The second-order valence-corrected chi connectivity index (χ2v) is 7.61. The van der Waals surface area contributed by atoms with Gasteiger partial charge in [-0.3, -0.25) is 4.68 Å². The van der Waals surface area contributed by atoms with Gasteiger partial charge < -0.3 is 10.6 Å².